The number of carbonyl (C=O) groups is 1. The first kappa shape index (κ1) is 20.8. The molecule has 0 saturated heterocycles. The van der Waals surface area contributed by atoms with Crippen molar-refractivity contribution in [2.24, 2.45) is 5.41 Å². The maximum absolute atomic E-state index is 12.7. The SMILES string of the molecule is O=C(NCc1ccncc1)c1nn(CC2(C3=CCC=CC=C3)CCCC2)cc(O)c1=O. The Balaban J connectivity index is 1.59. The van der Waals surface area contributed by atoms with Gasteiger partial charge in [0.05, 0.1) is 12.7 Å². The number of aromatic hydroxyl groups is 1. The zero-order chi connectivity index (χ0) is 21.7. The minimum absolute atomic E-state index is 0.123. The van der Waals surface area contributed by atoms with Crippen LogP contribution in [0.15, 0.2) is 71.5 Å². The Kier molecular flexibility index (Phi) is 6.11. The molecule has 1 amide bonds. The monoisotopic (exact) mass is 418 g/mol. The maximum Gasteiger partial charge on any atom is 0.276 e. The van der Waals surface area contributed by atoms with Crippen molar-refractivity contribution >= 4 is 5.91 Å². The molecule has 0 atom stereocenters. The van der Waals surface area contributed by atoms with Crippen molar-refractivity contribution in [3.05, 3.63) is 88.2 Å². The van der Waals surface area contributed by atoms with Crippen molar-refractivity contribution in [2.45, 2.75) is 45.2 Å². The molecule has 0 bridgehead atoms. The zero-order valence-corrected chi connectivity index (χ0v) is 17.3. The molecule has 2 aliphatic rings. The van der Waals surface area contributed by atoms with Crippen LogP contribution in [0.5, 0.6) is 5.75 Å². The van der Waals surface area contributed by atoms with Crippen molar-refractivity contribution in [3.63, 3.8) is 0 Å². The van der Waals surface area contributed by atoms with Gasteiger partial charge in [-0.25, -0.2) is 0 Å². The highest BCUT2D eigenvalue weighted by molar-refractivity contribution is 5.92. The van der Waals surface area contributed by atoms with Crippen LogP contribution in [0.4, 0.5) is 0 Å². The minimum atomic E-state index is -0.762. The summed E-state index contributed by atoms with van der Waals surface area (Å²) in [6.07, 6.45) is 20.3. The molecule has 4 rings (SSSR count). The van der Waals surface area contributed by atoms with E-state index >= 15 is 0 Å². The molecule has 1 fully saturated rings. The van der Waals surface area contributed by atoms with Gasteiger partial charge in [0.25, 0.3) is 11.3 Å². The molecule has 31 heavy (non-hydrogen) atoms. The molecule has 0 spiro atoms. The second-order valence-electron chi connectivity index (χ2n) is 8.10. The van der Waals surface area contributed by atoms with E-state index < -0.39 is 17.1 Å². The van der Waals surface area contributed by atoms with Crippen molar-refractivity contribution in [1.29, 1.82) is 0 Å². The van der Waals surface area contributed by atoms with E-state index in [0.29, 0.717) is 6.54 Å². The Morgan fingerprint density at radius 3 is 2.74 bits per heavy atom. The van der Waals surface area contributed by atoms with E-state index in [0.717, 1.165) is 37.7 Å². The van der Waals surface area contributed by atoms with Gasteiger partial charge in [-0.3, -0.25) is 19.3 Å². The molecule has 0 aliphatic heterocycles. The number of hydrogen-bond acceptors (Lipinski definition) is 5. The fraction of sp³-hybridized carbons (Fsp3) is 0.333. The van der Waals surface area contributed by atoms with Crippen LogP contribution in [0.2, 0.25) is 0 Å². The number of amides is 1. The molecular formula is C24H26N4O3. The second-order valence-corrected chi connectivity index (χ2v) is 8.10. The molecule has 7 nitrogen and oxygen atoms in total. The predicted molar refractivity (Wildman–Crippen MR) is 117 cm³/mol. The summed E-state index contributed by atoms with van der Waals surface area (Å²) in [5.41, 5.74) is 0.922. The quantitative estimate of drug-likeness (QED) is 0.750. The number of allylic oxidation sites excluding steroid dienone is 6. The van der Waals surface area contributed by atoms with Crippen LogP contribution >= 0.6 is 0 Å². The molecule has 0 unspecified atom stereocenters. The lowest BCUT2D eigenvalue weighted by Crippen LogP contribution is -2.33. The first-order chi connectivity index (χ1) is 15.1. The van der Waals surface area contributed by atoms with E-state index in [9.17, 15) is 14.7 Å². The lowest BCUT2D eigenvalue weighted by atomic mass is 9.77. The second kappa shape index (κ2) is 9.12. The smallest absolute Gasteiger partial charge is 0.276 e. The molecule has 1 saturated carbocycles. The van der Waals surface area contributed by atoms with Gasteiger partial charge in [-0.2, -0.15) is 5.10 Å². The summed E-state index contributed by atoms with van der Waals surface area (Å²) in [5.74, 6) is -1.08. The van der Waals surface area contributed by atoms with Crippen LogP contribution < -0.4 is 10.7 Å². The topological polar surface area (TPSA) is 97.1 Å². The third-order valence-corrected chi connectivity index (χ3v) is 6.00. The van der Waals surface area contributed by atoms with Crippen LogP contribution in [0.3, 0.4) is 0 Å². The largest absolute Gasteiger partial charge is 0.503 e. The lowest BCUT2D eigenvalue weighted by Gasteiger charge is -2.31. The molecular weight excluding hydrogens is 392 g/mol. The Morgan fingerprint density at radius 2 is 1.97 bits per heavy atom. The Hall–Kier alpha value is -3.48. The van der Waals surface area contributed by atoms with Gasteiger partial charge in [0, 0.05) is 24.4 Å². The van der Waals surface area contributed by atoms with Gasteiger partial charge in [-0.05, 0) is 42.5 Å². The van der Waals surface area contributed by atoms with Crippen LogP contribution in [0.25, 0.3) is 0 Å². The Morgan fingerprint density at radius 1 is 1.19 bits per heavy atom. The molecule has 2 N–H and O–H groups in total. The lowest BCUT2D eigenvalue weighted by molar-refractivity contribution is 0.0940. The number of rotatable bonds is 6. The fourth-order valence-corrected chi connectivity index (χ4v) is 4.39. The predicted octanol–water partition coefficient (Wildman–Crippen LogP) is 3.28. The molecule has 0 radical (unpaired) electrons. The molecule has 2 aromatic rings. The van der Waals surface area contributed by atoms with E-state index in [1.54, 1.807) is 29.2 Å². The average Bonchev–Trinajstić information content (AvgIpc) is 3.07. The van der Waals surface area contributed by atoms with Gasteiger partial charge in [-0.1, -0.05) is 43.2 Å². The van der Waals surface area contributed by atoms with Crippen molar-refractivity contribution in [2.75, 3.05) is 0 Å². The molecule has 7 heteroatoms. The van der Waals surface area contributed by atoms with Gasteiger partial charge < -0.3 is 10.4 Å². The van der Waals surface area contributed by atoms with Crippen LogP contribution in [0.1, 0.15) is 48.2 Å². The first-order valence-corrected chi connectivity index (χ1v) is 10.6. The van der Waals surface area contributed by atoms with Gasteiger partial charge in [0.2, 0.25) is 0 Å². The van der Waals surface area contributed by atoms with Gasteiger partial charge in [0.1, 0.15) is 0 Å². The average molecular weight is 418 g/mol. The summed E-state index contributed by atoms with van der Waals surface area (Å²) < 4.78 is 1.55. The number of pyridine rings is 1. The van der Waals surface area contributed by atoms with E-state index in [2.05, 4.69) is 33.6 Å². The summed E-state index contributed by atoms with van der Waals surface area (Å²) in [7, 11) is 0. The highest BCUT2D eigenvalue weighted by atomic mass is 16.3. The Bertz CT molecular complexity index is 1090. The van der Waals surface area contributed by atoms with Crippen LogP contribution in [-0.4, -0.2) is 25.8 Å². The first-order valence-electron chi connectivity index (χ1n) is 10.6. The number of nitrogens with one attached hydrogen (secondary N) is 1. The Labute approximate surface area is 180 Å². The van der Waals surface area contributed by atoms with Crippen molar-refractivity contribution in [3.8, 4) is 5.75 Å². The zero-order valence-electron chi connectivity index (χ0n) is 17.3. The fourth-order valence-electron chi connectivity index (χ4n) is 4.39. The van der Waals surface area contributed by atoms with Crippen molar-refractivity contribution < 1.29 is 9.90 Å². The summed E-state index contributed by atoms with van der Waals surface area (Å²) in [6.45, 7) is 0.744. The standard InChI is InChI=1S/C24H26N4O3/c29-20-16-28(17-24(11-5-6-12-24)19-7-3-1-2-4-8-19)27-21(22(20)30)23(31)26-15-18-9-13-25-14-10-18/h1-3,7-10,13-14,16,29H,4-6,11-12,15,17H2,(H,26,31). The molecule has 2 aromatic heterocycles. The van der Waals surface area contributed by atoms with Gasteiger partial charge >= 0.3 is 0 Å². The summed E-state index contributed by atoms with van der Waals surface area (Å²) in [6, 6.07) is 3.56. The van der Waals surface area contributed by atoms with Crippen LogP contribution in [0, 0.1) is 5.41 Å². The molecule has 0 aromatic carbocycles. The van der Waals surface area contributed by atoms with Crippen molar-refractivity contribution in [1.82, 2.24) is 20.1 Å². The van der Waals surface area contributed by atoms with E-state index in [1.165, 1.54) is 11.8 Å². The summed E-state index contributed by atoms with van der Waals surface area (Å²) in [4.78, 5) is 29.0. The third kappa shape index (κ3) is 4.66. The maximum atomic E-state index is 12.7. The van der Waals surface area contributed by atoms with Gasteiger partial charge in [-0.15, -0.1) is 0 Å². The highest BCUT2D eigenvalue weighted by Gasteiger charge is 2.37. The van der Waals surface area contributed by atoms with Gasteiger partial charge in [0.15, 0.2) is 11.4 Å². The highest BCUT2D eigenvalue weighted by Crippen LogP contribution is 2.46. The summed E-state index contributed by atoms with van der Waals surface area (Å²) in [5, 5.41) is 17.3. The summed E-state index contributed by atoms with van der Waals surface area (Å²) >= 11 is 0. The third-order valence-electron chi connectivity index (χ3n) is 6.00. The van der Waals surface area contributed by atoms with E-state index in [-0.39, 0.29) is 17.7 Å². The number of carbonyl (C=O) groups excluding carboxylic acids is 1. The molecule has 2 aliphatic carbocycles. The number of hydrogen-bond donors (Lipinski definition) is 2. The minimum Gasteiger partial charge on any atom is -0.503 e. The normalized spacial score (nSPS) is 17.2. The van der Waals surface area contributed by atoms with E-state index in [1.807, 2.05) is 12.2 Å². The molecule has 160 valence electrons. The number of nitrogens with zero attached hydrogens (tertiary/aromatic N) is 3. The van der Waals surface area contributed by atoms with Crippen LogP contribution in [-0.2, 0) is 13.1 Å². The van der Waals surface area contributed by atoms with E-state index in [4.69, 9.17) is 0 Å². The molecule has 2 heterocycles. The number of aromatic nitrogens is 3.